The van der Waals surface area contributed by atoms with E-state index in [0.29, 0.717) is 0 Å². The molecule has 0 saturated carbocycles. The van der Waals surface area contributed by atoms with Crippen LogP contribution in [0.4, 0.5) is 17.1 Å². The van der Waals surface area contributed by atoms with Crippen LogP contribution in [-0.2, 0) is 0 Å². The number of benzene rings is 9. The molecule has 0 bridgehead atoms. The monoisotopic (exact) mass is 735 g/mol. The minimum Gasteiger partial charge on any atom is -0.310 e. The van der Waals surface area contributed by atoms with Crippen LogP contribution in [0.2, 0.25) is 0 Å². The number of rotatable bonds is 6. The smallest absolute Gasteiger partial charge is 0.0554 e. The summed E-state index contributed by atoms with van der Waals surface area (Å²) in [5, 5.41) is 7.75. The predicted octanol–water partition coefficient (Wildman–Crippen LogP) is 16.0. The van der Waals surface area contributed by atoms with E-state index >= 15 is 0 Å². The number of hydrogen-bond acceptors (Lipinski definition) is 3. The lowest BCUT2D eigenvalue weighted by molar-refractivity contribution is 1.31. The second-order valence-corrected chi connectivity index (χ2v) is 16.3. The molecule has 9 aromatic carbocycles. The van der Waals surface area contributed by atoms with Crippen LogP contribution >= 0.6 is 22.7 Å². The van der Waals surface area contributed by atoms with Crippen molar-refractivity contribution in [3.05, 3.63) is 200 Å². The van der Waals surface area contributed by atoms with Crippen molar-refractivity contribution >= 4 is 90.9 Å². The van der Waals surface area contributed by atoms with Crippen molar-refractivity contribution in [3.63, 3.8) is 0 Å². The molecule has 0 radical (unpaired) electrons. The molecule has 0 aliphatic carbocycles. The summed E-state index contributed by atoms with van der Waals surface area (Å²) in [6.45, 7) is 0. The Balaban J connectivity index is 0.960. The number of hydrogen-bond donors (Lipinski definition) is 0. The summed E-state index contributed by atoms with van der Waals surface area (Å²) in [5.74, 6) is 0. The van der Waals surface area contributed by atoms with Crippen molar-refractivity contribution in [2.45, 2.75) is 0 Å². The van der Waals surface area contributed by atoms with Gasteiger partial charge in [-0.05, 0) is 105 Å². The Hall–Kier alpha value is -6.52. The maximum absolute atomic E-state index is 2.45. The maximum Gasteiger partial charge on any atom is 0.0554 e. The van der Waals surface area contributed by atoms with Crippen LogP contribution < -0.4 is 4.90 Å². The Morgan fingerprint density at radius 1 is 0.291 bits per heavy atom. The van der Waals surface area contributed by atoms with Crippen molar-refractivity contribution in [1.82, 2.24) is 0 Å². The highest BCUT2D eigenvalue weighted by Gasteiger charge is 2.19. The molecule has 11 aromatic rings. The Kier molecular flexibility index (Phi) is 7.61. The average Bonchev–Trinajstić information content (AvgIpc) is 3.83. The minimum atomic E-state index is 1.13. The zero-order valence-corrected chi connectivity index (χ0v) is 31.4. The SMILES string of the molecule is c1cc(-c2ccc(-c3ccc(N(c4ccc5c(c4)sc4ccccc45)c4cccc5sc6ccccc6c45)cc3)cc2)cc(-c2ccc3ccccc3c2)c1. The molecule has 3 heteroatoms. The fraction of sp³-hybridized carbons (Fsp3) is 0. The van der Waals surface area contributed by atoms with Gasteiger partial charge in [-0.15, -0.1) is 22.7 Å². The molecular weight excluding hydrogens is 703 g/mol. The number of anilines is 3. The largest absolute Gasteiger partial charge is 0.310 e. The first-order chi connectivity index (χ1) is 27.2. The van der Waals surface area contributed by atoms with Gasteiger partial charge >= 0.3 is 0 Å². The number of nitrogens with zero attached hydrogens (tertiary/aromatic N) is 1. The molecule has 0 N–H and O–H groups in total. The highest BCUT2D eigenvalue weighted by molar-refractivity contribution is 7.26. The third-order valence-corrected chi connectivity index (χ3v) is 13.1. The lowest BCUT2D eigenvalue weighted by Crippen LogP contribution is -2.10. The highest BCUT2D eigenvalue weighted by atomic mass is 32.1. The molecule has 258 valence electrons. The van der Waals surface area contributed by atoms with Gasteiger partial charge in [0.2, 0.25) is 0 Å². The summed E-state index contributed by atoms with van der Waals surface area (Å²) in [6.07, 6.45) is 0. The molecule has 0 unspecified atom stereocenters. The molecule has 1 nitrogen and oxygen atoms in total. The van der Waals surface area contributed by atoms with E-state index in [1.54, 1.807) is 0 Å². The first kappa shape index (κ1) is 32.0. The molecular formula is C52H33NS2. The first-order valence-electron chi connectivity index (χ1n) is 18.7. The molecule has 0 fully saturated rings. The van der Waals surface area contributed by atoms with Crippen molar-refractivity contribution in [2.75, 3.05) is 4.90 Å². The van der Waals surface area contributed by atoms with Crippen molar-refractivity contribution < 1.29 is 0 Å². The predicted molar refractivity (Wildman–Crippen MR) is 241 cm³/mol. The molecule has 2 aromatic heterocycles. The van der Waals surface area contributed by atoms with E-state index in [1.807, 2.05) is 22.7 Å². The first-order valence-corrected chi connectivity index (χ1v) is 20.3. The zero-order chi connectivity index (χ0) is 36.3. The topological polar surface area (TPSA) is 3.24 Å². The van der Waals surface area contributed by atoms with E-state index in [4.69, 9.17) is 0 Å². The van der Waals surface area contributed by atoms with Crippen LogP contribution in [0.5, 0.6) is 0 Å². The summed E-state index contributed by atoms with van der Waals surface area (Å²) in [4.78, 5) is 2.45. The number of thiophene rings is 2. The Bertz CT molecular complexity index is 3200. The molecule has 0 aliphatic heterocycles. The van der Waals surface area contributed by atoms with Crippen molar-refractivity contribution in [3.8, 4) is 33.4 Å². The highest BCUT2D eigenvalue weighted by Crippen LogP contribution is 2.46. The van der Waals surface area contributed by atoms with E-state index in [0.717, 1.165) is 11.4 Å². The van der Waals surface area contributed by atoms with Gasteiger partial charge in [0, 0.05) is 51.7 Å². The van der Waals surface area contributed by atoms with Gasteiger partial charge in [-0.1, -0.05) is 140 Å². The molecule has 11 rings (SSSR count). The zero-order valence-electron chi connectivity index (χ0n) is 29.8. The number of fused-ring (bicyclic) bond motifs is 7. The van der Waals surface area contributed by atoms with Gasteiger partial charge in [0.1, 0.15) is 0 Å². The second-order valence-electron chi connectivity index (χ2n) is 14.1. The van der Waals surface area contributed by atoms with E-state index < -0.39 is 0 Å². The maximum atomic E-state index is 2.45. The van der Waals surface area contributed by atoms with E-state index in [9.17, 15) is 0 Å². The fourth-order valence-corrected chi connectivity index (χ4v) is 10.4. The molecule has 0 spiro atoms. The van der Waals surface area contributed by atoms with Crippen LogP contribution in [0.15, 0.2) is 200 Å². The van der Waals surface area contributed by atoms with Crippen LogP contribution in [0, 0.1) is 0 Å². The summed E-state index contributed by atoms with van der Waals surface area (Å²) in [6, 6.07) is 73.4. The van der Waals surface area contributed by atoms with Gasteiger partial charge in [-0.25, -0.2) is 0 Å². The molecule has 0 amide bonds. The Morgan fingerprint density at radius 2 is 0.818 bits per heavy atom. The van der Waals surface area contributed by atoms with E-state index in [-0.39, 0.29) is 0 Å². The Morgan fingerprint density at radius 3 is 1.62 bits per heavy atom. The Labute approximate surface area is 327 Å². The molecule has 2 heterocycles. The lowest BCUT2D eigenvalue weighted by Gasteiger charge is -2.27. The van der Waals surface area contributed by atoms with Crippen molar-refractivity contribution in [2.24, 2.45) is 0 Å². The minimum absolute atomic E-state index is 1.13. The molecule has 0 aliphatic rings. The summed E-state index contributed by atoms with van der Waals surface area (Å²) in [5.41, 5.74) is 10.8. The average molecular weight is 736 g/mol. The van der Waals surface area contributed by atoms with Crippen LogP contribution in [0.3, 0.4) is 0 Å². The van der Waals surface area contributed by atoms with Gasteiger partial charge in [0.05, 0.1) is 5.69 Å². The van der Waals surface area contributed by atoms with Crippen LogP contribution in [-0.4, -0.2) is 0 Å². The summed E-state index contributed by atoms with van der Waals surface area (Å²) < 4.78 is 5.22. The standard InChI is InChI=1S/C52H33NS2/c1-2-10-38-32-41(24-23-34(38)9-1)40-12-7-11-39(31-40)37-21-19-35(20-22-37)36-25-27-42(28-26-36)53(43-29-30-45-44-13-3-5-16-48(44)55-51(45)33-43)47-15-8-18-50-52(47)46-14-4-6-17-49(46)54-50/h1-33H. The fourth-order valence-electron chi connectivity index (χ4n) is 8.13. The normalized spacial score (nSPS) is 11.6. The van der Waals surface area contributed by atoms with Gasteiger partial charge in [0.25, 0.3) is 0 Å². The van der Waals surface area contributed by atoms with Crippen molar-refractivity contribution in [1.29, 1.82) is 0 Å². The molecule has 0 saturated heterocycles. The molecule has 55 heavy (non-hydrogen) atoms. The summed E-state index contributed by atoms with van der Waals surface area (Å²) >= 11 is 3.73. The summed E-state index contributed by atoms with van der Waals surface area (Å²) in [7, 11) is 0. The van der Waals surface area contributed by atoms with Gasteiger partial charge in [-0.2, -0.15) is 0 Å². The second kappa shape index (κ2) is 13.1. The van der Waals surface area contributed by atoms with E-state index in [2.05, 4.69) is 205 Å². The molecule has 0 atom stereocenters. The van der Waals surface area contributed by atoms with Gasteiger partial charge < -0.3 is 4.90 Å². The van der Waals surface area contributed by atoms with Gasteiger partial charge in [-0.3, -0.25) is 0 Å². The third kappa shape index (κ3) is 5.60. The van der Waals surface area contributed by atoms with Crippen LogP contribution in [0.25, 0.3) is 84.5 Å². The quantitative estimate of drug-likeness (QED) is 0.164. The van der Waals surface area contributed by atoms with Crippen LogP contribution in [0.1, 0.15) is 0 Å². The lowest BCUT2D eigenvalue weighted by atomic mass is 9.96. The van der Waals surface area contributed by atoms with Gasteiger partial charge in [0.15, 0.2) is 0 Å². The third-order valence-electron chi connectivity index (χ3n) is 10.9. The van der Waals surface area contributed by atoms with E-state index in [1.165, 1.54) is 90.2 Å².